The maximum atomic E-state index is 6.51. The van der Waals surface area contributed by atoms with Crippen molar-refractivity contribution in [2.45, 2.75) is 0 Å². The van der Waals surface area contributed by atoms with Crippen LogP contribution in [0.1, 0.15) is 0 Å². The number of para-hydroxylation sites is 3. The Morgan fingerprint density at radius 1 is 0.362 bits per heavy atom. The van der Waals surface area contributed by atoms with Crippen molar-refractivity contribution in [3.8, 4) is 11.1 Å². The Kier molecular flexibility index (Phi) is 5.57. The molecule has 0 atom stereocenters. The lowest BCUT2D eigenvalue weighted by molar-refractivity contribution is 0.669. The molecule has 0 saturated heterocycles. The predicted octanol–water partition coefficient (Wildman–Crippen LogP) is 12.9. The number of hydrogen-bond donors (Lipinski definition) is 0. The predicted molar refractivity (Wildman–Crippen MR) is 196 cm³/mol. The Morgan fingerprint density at radius 2 is 1.11 bits per heavy atom. The third-order valence-electron chi connectivity index (χ3n) is 9.41. The number of fused-ring (bicyclic) bond motifs is 9. The third-order valence-corrected chi connectivity index (χ3v) is 9.41. The first-order valence-electron chi connectivity index (χ1n) is 15.9. The lowest BCUT2D eigenvalue weighted by atomic mass is 9.97. The van der Waals surface area contributed by atoms with Gasteiger partial charge in [0.25, 0.3) is 0 Å². The van der Waals surface area contributed by atoms with Crippen molar-refractivity contribution in [2.24, 2.45) is 0 Å². The fourth-order valence-electron chi connectivity index (χ4n) is 7.23. The van der Waals surface area contributed by atoms with Crippen LogP contribution in [0.2, 0.25) is 0 Å². The van der Waals surface area contributed by atoms with Gasteiger partial charge in [-0.1, -0.05) is 97.1 Å². The zero-order valence-electron chi connectivity index (χ0n) is 25.4. The Bertz CT molecular complexity index is 2810. The molecule has 0 aliphatic heterocycles. The van der Waals surface area contributed by atoms with Crippen LogP contribution >= 0.6 is 0 Å². The van der Waals surface area contributed by atoms with Gasteiger partial charge in [0, 0.05) is 44.5 Å². The first kappa shape index (κ1) is 26.0. The van der Waals surface area contributed by atoms with Gasteiger partial charge in [-0.25, -0.2) is 0 Å². The van der Waals surface area contributed by atoms with Gasteiger partial charge in [-0.2, -0.15) is 0 Å². The largest absolute Gasteiger partial charge is 0.456 e. The molecular formula is C44H27NO2. The minimum Gasteiger partial charge on any atom is -0.456 e. The van der Waals surface area contributed by atoms with Crippen molar-refractivity contribution in [3.63, 3.8) is 0 Å². The fourth-order valence-corrected chi connectivity index (χ4v) is 7.23. The second-order valence-electron chi connectivity index (χ2n) is 12.1. The third kappa shape index (κ3) is 4.07. The van der Waals surface area contributed by atoms with Crippen LogP contribution in [0.15, 0.2) is 173 Å². The van der Waals surface area contributed by atoms with Gasteiger partial charge >= 0.3 is 0 Å². The van der Waals surface area contributed by atoms with Gasteiger partial charge in [0.2, 0.25) is 0 Å². The van der Waals surface area contributed by atoms with Crippen molar-refractivity contribution >= 4 is 82.5 Å². The molecule has 0 saturated carbocycles. The zero-order chi connectivity index (χ0) is 30.9. The average Bonchev–Trinajstić information content (AvgIpc) is 3.69. The molecule has 10 aromatic rings. The first-order chi connectivity index (χ1) is 23.3. The minimum absolute atomic E-state index is 0.868. The van der Waals surface area contributed by atoms with Crippen molar-refractivity contribution in [3.05, 3.63) is 164 Å². The summed E-state index contributed by atoms with van der Waals surface area (Å²) in [5.41, 5.74) is 9.06. The molecule has 0 fully saturated rings. The topological polar surface area (TPSA) is 29.5 Å². The summed E-state index contributed by atoms with van der Waals surface area (Å²) in [6.07, 6.45) is 0. The van der Waals surface area contributed by atoms with E-state index in [1.54, 1.807) is 0 Å². The molecule has 0 radical (unpaired) electrons. The summed E-state index contributed by atoms with van der Waals surface area (Å²) < 4.78 is 12.8. The van der Waals surface area contributed by atoms with Gasteiger partial charge in [-0.15, -0.1) is 0 Å². The van der Waals surface area contributed by atoms with Crippen LogP contribution in [0.4, 0.5) is 17.1 Å². The van der Waals surface area contributed by atoms with E-state index < -0.39 is 0 Å². The van der Waals surface area contributed by atoms with Gasteiger partial charge in [-0.3, -0.25) is 0 Å². The molecule has 0 amide bonds. The van der Waals surface area contributed by atoms with Gasteiger partial charge in [-0.05, 0) is 87.8 Å². The summed E-state index contributed by atoms with van der Waals surface area (Å²) in [5.74, 6) is 0. The minimum atomic E-state index is 0.868. The first-order valence-corrected chi connectivity index (χ1v) is 15.9. The van der Waals surface area contributed by atoms with E-state index >= 15 is 0 Å². The normalized spacial score (nSPS) is 11.8. The molecule has 0 aliphatic carbocycles. The standard InChI is InChI=1S/C44H27NO2/c1-2-11-32(12-3-1)45(33-21-22-37-43(27-33)47-41-23-20-28-10-4-5-14-35(28)44(37)41)39-16-8-6-13-34(39)30-19-18-29-25-38-36-15-7-9-17-40(36)46-42(38)26-31(29)24-30/h1-27H. The Labute approximate surface area is 270 Å². The van der Waals surface area contributed by atoms with Crippen LogP contribution in [-0.4, -0.2) is 0 Å². The number of hydrogen-bond acceptors (Lipinski definition) is 3. The zero-order valence-corrected chi connectivity index (χ0v) is 25.4. The van der Waals surface area contributed by atoms with Crippen LogP contribution in [-0.2, 0) is 0 Å². The second kappa shape index (κ2) is 10.1. The fraction of sp³-hybridized carbons (Fsp3) is 0. The van der Waals surface area contributed by atoms with Gasteiger partial charge < -0.3 is 13.7 Å². The molecule has 47 heavy (non-hydrogen) atoms. The van der Waals surface area contributed by atoms with E-state index in [0.29, 0.717) is 0 Å². The number of furan rings is 2. The summed E-state index contributed by atoms with van der Waals surface area (Å²) in [6, 6.07) is 57.9. The average molecular weight is 602 g/mol. The molecule has 0 N–H and O–H groups in total. The van der Waals surface area contributed by atoms with Crippen molar-refractivity contribution in [1.82, 2.24) is 0 Å². The van der Waals surface area contributed by atoms with Crippen molar-refractivity contribution in [2.75, 3.05) is 4.90 Å². The summed E-state index contributed by atoms with van der Waals surface area (Å²) in [4.78, 5) is 2.33. The summed E-state index contributed by atoms with van der Waals surface area (Å²) >= 11 is 0. The summed E-state index contributed by atoms with van der Waals surface area (Å²) in [6.45, 7) is 0. The van der Waals surface area contributed by atoms with E-state index in [2.05, 4.69) is 157 Å². The Balaban J connectivity index is 1.15. The number of anilines is 3. The monoisotopic (exact) mass is 601 g/mol. The van der Waals surface area contributed by atoms with Crippen molar-refractivity contribution in [1.29, 1.82) is 0 Å². The van der Waals surface area contributed by atoms with E-state index in [-0.39, 0.29) is 0 Å². The molecule has 2 heterocycles. The van der Waals surface area contributed by atoms with E-state index in [9.17, 15) is 0 Å². The van der Waals surface area contributed by atoms with Crippen LogP contribution in [0.25, 0.3) is 76.5 Å². The van der Waals surface area contributed by atoms with E-state index in [0.717, 1.165) is 77.5 Å². The molecule has 2 aromatic heterocycles. The highest BCUT2D eigenvalue weighted by molar-refractivity contribution is 6.19. The van der Waals surface area contributed by atoms with E-state index in [1.165, 1.54) is 16.2 Å². The Hall–Kier alpha value is -6.32. The highest BCUT2D eigenvalue weighted by Crippen LogP contribution is 2.44. The van der Waals surface area contributed by atoms with Crippen LogP contribution < -0.4 is 4.90 Å². The molecule has 0 aliphatic rings. The maximum Gasteiger partial charge on any atom is 0.137 e. The van der Waals surface area contributed by atoms with Crippen LogP contribution in [0.5, 0.6) is 0 Å². The summed E-state index contributed by atoms with van der Waals surface area (Å²) in [5, 5.41) is 9.32. The van der Waals surface area contributed by atoms with Gasteiger partial charge in [0.05, 0.1) is 5.69 Å². The smallest absolute Gasteiger partial charge is 0.137 e. The lowest BCUT2D eigenvalue weighted by Gasteiger charge is -2.28. The summed E-state index contributed by atoms with van der Waals surface area (Å²) in [7, 11) is 0. The number of benzene rings is 8. The lowest BCUT2D eigenvalue weighted by Crippen LogP contribution is -2.11. The molecule has 10 rings (SSSR count). The van der Waals surface area contributed by atoms with Crippen molar-refractivity contribution < 1.29 is 8.83 Å². The molecule has 220 valence electrons. The Morgan fingerprint density at radius 3 is 2.04 bits per heavy atom. The van der Waals surface area contributed by atoms with Crippen LogP contribution in [0, 0.1) is 0 Å². The van der Waals surface area contributed by atoms with E-state index in [1.807, 2.05) is 12.1 Å². The quantitative estimate of drug-likeness (QED) is 0.201. The molecule has 0 spiro atoms. The molecule has 3 nitrogen and oxygen atoms in total. The SMILES string of the molecule is c1ccc(N(c2ccc3c(c2)oc2ccc4ccccc4c23)c2ccccc2-c2ccc3cc4c(cc3c2)oc2ccccc24)cc1. The highest BCUT2D eigenvalue weighted by atomic mass is 16.3. The van der Waals surface area contributed by atoms with Gasteiger partial charge in [0.15, 0.2) is 0 Å². The molecular weight excluding hydrogens is 574 g/mol. The highest BCUT2D eigenvalue weighted by Gasteiger charge is 2.19. The maximum absolute atomic E-state index is 6.51. The van der Waals surface area contributed by atoms with E-state index in [4.69, 9.17) is 8.83 Å². The molecule has 0 unspecified atom stereocenters. The van der Waals surface area contributed by atoms with Gasteiger partial charge in [0.1, 0.15) is 22.3 Å². The molecule has 0 bridgehead atoms. The molecule has 3 heteroatoms. The van der Waals surface area contributed by atoms with Crippen LogP contribution in [0.3, 0.4) is 0 Å². The number of nitrogens with zero attached hydrogens (tertiary/aromatic N) is 1. The molecule has 8 aromatic carbocycles. The number of rotatable bonds is 4. The second-order valence-corrected chi connectivity index (χ2v) is 12.1.